The van der Waals surface area contributed by atoms with Gasteiger partial charge in [-0.25, -0.2) is 0 Å². The van der Waals surface area contributed by atoms with Crippen molar-refractivity contribution in [1.82, 2.24) is 4.90 Å². The zero-order valence-corrected chi connectivity index (χ0v) is 12.4. The normalized spacial score (nSPS) is 23.8. The van der Waals surface area contributed by atoms with Crippen LogP contribution in [0.2, 0.25) is 0 Å². The largest absolute Gasteiger partial charge is 0.328 e. The molecule has 0 radical (unpaired) electrons. The molecule has 0 aliphatic heterocycles. The van der Waals surface area contributed by atoms with Crippen LogP contribution in [0.15, 0.2) is 24.3 Å². The van der Waals surface area contributed by atoms with Gasteiger partial charge in [-0.15, -0.1) is 0 Å². The fraction of sp³-hybridized carbons (Fsp3) is 0.647. The van der Waals surface area contributed by atoms with Crippen LogP contribution in [0.5, 0.6) is 0 Å². The zero-order valence-electron chi connectivity index (χ0n) is 12.4. The first kappa shape index (κ1) is 14.5. The molecule has 0 unspecified atom stereocenters. The lowest BCUT2D eigenvalue weighted by molar-refractivity contribution is 0.185. The predicted octanol–water partition coefficient (Wildman–Crippen LogP) is 2.99. The van der Waals surface area contributed by atoms with E-state index in [1.54, 1.807) is 0 Å². The van der Waals surface area contributed by atoms with Crippen LogP contribution in [-0.2, 0) is 12.8 Å². The SMILES string of the molecule is CCc1ccc(CCN(C)C2CCC(N)CC2)cc1. The quantitative estimate of drug-likeness (QED) is 0.882. The van der Waals surface area contributed by atoms with Crippen LogP contribution in [0.25, 0.3) is 0 Å². The minimum Gasteiger partial charge on any atom is -0.328 e. The molecule has 0 aromatic heterocycles. The second-order valence-corrected chi connectivity index (χ2v) is 5.97. The molecule has 0 saturated heterocycles. The first-order valence-corrected chi connectivity index (χ1v) is 7.72. The molecule has 1 aliphatic carbocycles. The Labute approximate surface area is 118 Å². The highest BCUT2D eigenvalue weighted by molar-refractivity contribution is 5.22. The number of hydrogen-bond donors (Lipinski definition) is 1. The van der Waals surface area contributed by atoms with E-state index in [2.05, 4.69) is 43.1 Å². The Hall–Kier alpha value is -0.860. The molecule has 0 heterocycles. The van der Waals surface area contributed by atoms with Gasteiger partial charge in [0, 0.05) is 18.6 Å². The van der Waals surface area contributed by atoms with Gasteiger partial charge in [0.05, 0.1) is 0 Å². The fourth-order valence-electron chi connectivity index (χ4n) is 2.97. The van der Waals surface area contributed by atoms with Crippen LogP contribution >= 0.6 is 0 Å². The molecule has 1 aliphatic rings. The summed E-state index contributed by atoms with van der Waals surface area (Å²) in [6.07, 6.45) is 7.21. The third-order valence-corrected chi connectivity index (χ3v) is 4.55. The van der Waals surface area contributed by atoms with Crippen molar-refractivity contribution >= 4 is 0 Å². The van der Waals surface area contributed by atoms with Crippen LogP contribution in [-0.4, -0.2) is 30.6 Å². The highest BCUT2D eigenvalue weighted by atomic mass is 15.1. The van der Waals surface area contributed by atoms with Crippen molar-refractivity contribution in [3.8, 4) is 0 Å². The smallest absolute Gasteiger partial charge is 0.00934 e. The van der Waals surface area contributed by atoms with E-state index in [9.17, 15) is 0 Å². The van der Waals surface area contributed by atoms with Gasteiger partial charge in [-0.1, -0.05) is 31.2 Å². The van der Waals surface area contributed by atoms with Gasteiger partial charge >= 0.3 is 0 Å². The number of nitrogens with zero attached hydrogens (tertiary/aromatic N) is 1. The van der Waals surface area contributed by atoms with Crippen molar-refractivity contribution in [1.29, 1.82) is 0 Å². The lowest BCUT2D eigenvalue weighted by Crippen LogP contribution is -2.39. The first-order chi connectivity index (χ1) is 9.19. The average Bonchev–Trinajstić information content (AvgIpc) is 2.46. The highest BCUT2D eigenvalue weighted by Crippen LogP contribution is 2.21. The number of likely N-dealkylation sites (N-methyl/N-ethyl adjacent to an activating group) is 1. The molecule has 0 atom stereocenters. The summed E-state index contributed by atoms with van der Waals surface area (Å²) in [6.45, 7) is 3.36. The molecule has 1 saturated carbocycles. The maximum atomic E-state index is 5.97. The highest BCUT2D eigenvalue weighted by Gasteiger charge is 2.21. The molecule has 2 rings (SSSR count). The average molecular weight is 260 g/mol. The van der Waals surface area contributed by atoms with E-state index in [-0.39, 0.29) is 0 Å². The Morgan fingerprint density at radius 1 is 1.05 bits per heavy atom. The molecule has 2 N–H and O–H groups in total. The van der Waals surface area contributed by atoms with Gasteiger partial charge in [0.25, 0.3) is 0 Å². The van der Waals surface area contributed by atoms with Crippen molar-refractivity contribution in [3.05, 3.63) is 35.4 Å². The summed E-state index contributed by atoms with van der Waals surface area (Å²) in [6, 6.07) is 10.3. The van der Waals surface area contributed by atoms with Crippen molar-refractivity contribution < 1.29 is 0 Å². The predicted molar refractivity (Wildman–Crippen MR) is 82.4 cm³/mol. The Bertz CT molecular complexity index is 363. The van der Waals surface area contributed by atoms with Crippen molar-refractivity contribution in [2.75, 3.05) is 13.6 Å². The topological polar surface area (TPSA) is 29.3 Å². The van der Waals surface area contributed by atoms with E-state index in [1.807, 2.05) is 0 Å². The number of aryl methyl sites for hydroxylation is 1. The Morgan fingerprint density at radius 2 is 1.63 bits per heavy atom. The van der Waals surface area contributed by atoms with Crippen LogP contribution in [0.1, 0.15) is 43.7 Å². The lowest BCUT2D eigenvalue weighted by atomic mass is 9.91. The second kappa shape index (κ2) is 7.06. The van der Waals surface area contributed by atoms with Gasteiger partial charge in [0.2, 0.25) is 0 Å². The van der Waals surface area contributed by atoms with Crippen LogP contribution in [0.4, 0.5) is 0 Å². The number of benzene rings is 1. The van der Waals surface area contributed by atoms with E-state index >= 15 is 0 Å². The summed E-state index contributed by atoms with van der Waals surface area (Å²) < 4.78 is 0. The van der Waals surface area contributed by atoms with Gasteiger partial charge in [0.15, 0.2) is 0 Å². The maximum Gasteiger partial charge on any atom is 0.00934 e. The minimum atomic E-state index is 0.450. The Balaban J connectivity index is 1.77. The third kappa shape index (κ3) is 4.32. The van der Waals surface area contributed by atoms with E-state index in [0.717, 1.165) is 25.4 Å². The Kier molecular flexibility index (Phi) is 5.41. The van der Waals surface area contributed by atoms with Crippen molar-refractivity contribution in [2.24, 2.45) is 5.73 Å². The van der Waals surface area contributed by atoms with Gasteiger partial charge in [0.1, 0.15) is 0 Å². The first-order valence-electron chi connectivity index (χ1n) is 7.72. The molecule has 19 heavy (non-hydrogen) atoms. The van der Waals surface area contributed by atoms with E-state index < -0.39 is 0 Å². The zero-order chi connectivity index (χ0) is 13.7. The molecule has 1 fully saturated rings. The second-order valence-electron chi connectivity index (χ2n) is 5.97. The van der Waals surface area contributed by atoms with Gasteiger partial charge in [-0.3, -0.25) is 0 Å². The molecular weight excluding hydrogens is 232 g/mol. The van der Waals surface area contributed by atoms with Crippen molar-refractivity contribution in [3.63, 3.8) is 0 Å². The molecule has 0 bridgehead atoms. The summed E-state index contributed by atoms with van der Waals surface area (Å²) >= 11 is 0. The summed E-state index contributed by atoms with van der Waals surface area (Å²) in [5.41, 5.74) is 8.86. The summed E-state index contributed by atoms with van der Waals surface area (Å²) in [4.78, 5) is 2.53. The summed E-state index contributed by atoms with van der Waals surface area (Å²) in [7, 11) is 2.27. The molecule has 106 valence electrons. The third-order valence-electron chi connectivity index (χ3n) is 4.55. The van der Waals surface area contributed by atoms with Gasteiger partial charge in [-0.05, 0) is 56.7 Å². The number of rotatable bonds is 5. The van der Waals surface area contributed by atoms with Crippen LogP contribution in [0.3, 0.4) is 0 Å². The van der Waals surface area contributed by atoms with Crippen LogP contribution in [0, 0.1) is 0 Å². The molecule has 0 amide bonds. The summed E-state index contributed by atoms with van der Waals surface area (Å²) in [5, 5.41) is 0. The lowest BCUT2D eigenvalue weighted by Gasteiger charge is -2.33. The van der Waals surface area contributed by atoms with Gasteiger partial charge < -0.3 is 10.6 Å². The van der Waals surface area contributed by atoms with Gasteiger partial charge in [-0.2, -0.15) is 0 Å². The van der Waals surface area contributed by atoms with E-state index in [4.69, 9.17) is 5.73 Å². The standard InChI is InChI=1S/C17H28N2/c1-3-14-4-6-15(7-5-14)12-13-19(2)17-10-8-16(18)9-11-17/h4-7,16-17H,3,8-13,18H2,1-2H3. The van der Waals surface area contributed by atoms with Crippen LogP contribution < -0.4 is 5.73 Å². The molecule has 0 spiro atoms. The Morgan fingerprint density at radius 3 is 2.21 bits per heavy atom. The van der Waals surface area contributed by atoms with Crippen molar-refractivity contribution in [2.45, 2.75) is 57.5 Å². The molecular formula is C17H28N2. The van der Waals surface area contributed by atoms with E-state index in [1.165, 1.54) is 36.8 Å². The minimum absolute atomic E-state index is 0.450. The fourth-order valence-corrected chi connectivity index (χ4v) is 2.97. The van der Waals surface area contributed by atoms with E-state index in [0.29, 0.717) is 6.04 Å². The molecule has 1 aromatic rings. The monoisotopic (exact) mass is 260 g/mol. The molecule has 2 heteroatoms. The number of nitrogens with two attached hydrogens (primary N) is 1. The summed E-state index contributed by atoms with van der Waals surface area (Å²) in [5.74, 6) is 0. The molecule has 2 nitrogen and oxygen atoms in total. The molecule has 1 aromatic carbocycles. The maximum absolute atomic E-state index is 5.97. The number of hydrogen-bond acceptors (Lipinski definition) is 2.